The summed E-state index contributed by atoms with van der Waals surface area (Å²) in [6.07, 6.45) is 3.33. The molecule has 5 heteroatoms. The SMILES string of the molecule is O=C([C@H]1N=COC1c1ccccc1I)N1CCCC1. The highest BCUT2D eigenvalue weighted by Crippen LogP contribution is 2.31. The Balaban J connectivity index is 1.83. The van der Waals surface area contributed by atoms with Gasteiger partial charge in [-0.05, 0) is 41.5 Å². The van der Waals surface area contributed by atoms with Crippen LogP contribution in [0.4, 0.5) is 0 Å². The Morgan fingerprint density at radius 3 is 2.79 bits per heavy atom. The van der Waals surface area contributed by atoms with E-state index < -0.39 is 6.04 Å². The second-order valence-corrected chi connectivity index (χ2v) is 5.97. The Kier molecular flexibility index (Phi) is 3.72. The standard InChI is InChI=1S/C14H15IN2O2/c15-11-6-2-1-5-10(11)13-12(16-9-19-13)14(18)17-7-3-4-8-17/h1-2,5-6,9,12-13H,3-4,7-8H2/t12-,13?/m0/s1. The van der Waals surface area contributed by atoms with Crippen LogP contribution < -0.4 is 0 Å². The fourth-order valence-corrected chi connectivity index (χ4v) is 3.28. The Bertz CT molecular complexity index is 512. The maximum absolute atomic E-state index is 12.5. The predicted molar refractivity (Wildman–Crippen MR) is 81.1 cm³/mol. The van der Waals surface area contributed by atoms with Crippen molar-refractivity contribution in [2.45, 2.75) is 25.0 Å². The van der Waals surface area contributed by atoms with Crippen molar-refractivity contribution in [3.05, 3.63) is 33.4 Å². The molecule has 1 aromatic carbocycles. The molecule has 2 heterocycles. The van der Waals surface area contributed by atoms with E-state index in [2.05, 4.69) is 27.6 Å². The molecule has 100 valence electrons. The molecule has 1 fully saturated rings. The predicted octanol–water partition coefficient (Wildman–Crippen LogP) is 2.38. The van der Waals surface area contributed by atoms with Crippen molar-refractivity contribution in [1.82, 2.24) is 4.90 Å². The molecule has 0 saturated carbocycles. The normalized spacial score (nSPS) is 25.6. The van der Waals surface area contributed by atoms with Crippen molar-refractivity contribution in [3.63, 3.8) is 0 Å². The maximum Gasteiger partial charge on any atom is 0.251 e. The molecule has 1 aromatic rings. The van der Waals surface area contributed by atoms with E-state index in [0.717, 1.165) is 35.1 Å². The highest BCUT2D eigenvalue weighted by molar-refractivity contribution is 14.1. The van der Waals surface area contributed by atoms with Crippen LogP contribution in [0.25, 0.3) is 0 Å². The Morgan fingerprint density at radius 1 is 1.32 bits per heavy atom. The third kappa shape index (κ3) is 2.48. The van der Waals surface area contributed by atoms with E-state index in [0.29, 0.717) is 0 Å². The quantitative estimate of drug-likeness (QED) is 0.751. The molecular formula is C14H15IN2O2. The van der Waals surface area contributed by atoms with Gasteiger partial charge >= 0.3 is 0 Å². The highest BCUT2D eigenvalue weighted by atomic mass is 127. The molecule has 0 bridgehead atoms. The van der Waals surface area contributed by atoms with Crippen molar-refractivity contribution in [2.75, 3.05) is 13.1 Å². The van der Waals surface area contributed by atoms with E-state index in [1.807, 2.05) is 29.2 Å². The molecule has 1 amide bonds. The first-order valence-electron chi connectivity index (χ1n) is 6.48. The molecule has 1 saturated heterocycles. The highest BCUT2D eigenvalue weighted by Gasteiger charge is 2.38. The monoisotopic (exact) mass is 370 g/mol. The number of nitrogens with zero attached hydrogens (tertiary/aromatic N) is 2. The zero-order chi connectivity index (χ0) is 13.2. The first-order valence-corrected chi connectivity index (χ1v) is 7.55. The van der Waals surface area contributed by atoms with Gasteiger partial charge in [-0.15, -0.1) is 0 Å². The number of aliphatic imine (C=N–C) groups is 1. The average Bonchev–Trinajstić information content (AvgIpc) is 3.10. The Labute approximate surface area is 126 Å². The van der Waals surface area contributed by atoms with E-state index >= 15 is 0 Å². The van der Waals surface area contributed by atoms with Crippen LogP contribution >= 0.6 is 22.6 Å². The zero-order valence-corrected chi connectivity index (χ0v) is 12.6. The Hall–Kier alpha value is -1.11. The van der Waals surface area contributed by atoms with Gasteiger partial charge in [-0.25, -0.2) is 4.99 Å². The van der Waals surface area contributed by atoms with Crippen LogP contribution in [-0.2, 0) is 9.53 Å². The number of amides is 1. The minimum Gasteiger partial charge on any atom is -0.473 e. The summed E-state index contributed by atoms with van der Waals surface area (Å²) in [4.78, 5) is 18.6. The van der Waals surface area contributed by atoms with Crippen molar-refractivity contribution in [2.24, 2.45) is 4.99 Å². The molecule has 0 aliphatic carbocycles. The van der Waals surface area contributed by atoms with E-state index in [-0.39, 0.29) is 12.0 Å². The number of carbonyl (C=O) groups excluding carboxylic acids is 1. The van der Waals surface area contributed by atoms with E-state index in [1.165, 1.54) is 6.40 Å². The molecule has 3 rings (SSSR count). The van der Waals surface area contributed by atoms with Gasteiger partial charge in [0.05, 0.1) is 0 Å². The molecule has 2 aliphatic rings. The van der Waals surface area contributed by atoms with Crippen LogP contribution in [0.15, 0.2) is 29.3 Å². The van der Waals surface area contributed by atoms with Crippen LogP contribution in [0.2, 0.25) is 0 Å². The van der Waals surface area contributed by atoms with Crippen molar-refractivity contribution in [1.29, 1.82) is 0 Å². The number of hydrogen-bond donors (Lipinski definition) is 0. The average molecular weight is 370 g/mol. The number of ether oxygens (including phenoxy) is 1. The maximum atomic E-state index is 12.5. The lowest BCUT2D eigenvalue weighted by Gasteiger charge is -2.23. The van der Waals surface area contributed by atoms with Crippen LogP contribution in [0.1, 0.15) is 24.5 Å². The second kappa shape index (κ2) is 5.48. The number of halogens is 1. The minimum atomic E-state index is -0.422. The molecule has 1 unspecified atom stereocenters. The van der Waals surface area contributed by atoms with Crippen LogP contribution in [0.5, 0.6) is 0 Å². The van der Waals surface area contributed by atoms with Crippen LogP contribution in [0, 0.1) is 3.57 Å². The third-order valence-corrected chi connectivity index (χ3v) is 4.58. The van der Waals surface area contributed by atoms with Crippen molar-refractivity contribution in [3.8, 4) is 0 Å². The van der Waals surface area contributed by atoms with Crippen LogP contribution in [0.3, 0.4) is 0 Å². The second-order valence-electron chi connectivity index (χ2n) is 4.81. The van der Waals surface area contributed by atoms with Crippen molar-refractivity contribution < 1.29 is 9.53 Å². The lowest BCUT2D eigenvalue weighted by molar-refractivity contribution is -0.133. The van der Waals surface area contributed by atoms with E-state index in [4.69, 9.17) is 4.74 Å². The molecule has 0 radical (unpaired) electrons. The summed E-state index contributed by atoms with van der Waals surface area (Å²) in [6.45, 7) is 1.70. The van der Waals surface area contributed by atoms with Gasteiger partial charge in [-0.3, -0.25) is 4.79 Å². The fourth-order valence-electron chi connectivity index (χ4n) is 2.59. The topological polar surface area (TPSA) is 41.9 Å². The van der Waals surface area contributed by atoms with Gasteiger partial charge in [0, 0.05) is 22.2 Å². The van der Waals surface area contributed by atoms with E-state index in [9.17, 15) is 4.79 Å². The molecule has 0 N–H and O–H groups in total. The van der Waals surface area contributed by atoms with Crippen LogP contribution in [-0.4, -0.2) is 36.3 Å². The zero-order valence-electron chi connectivity index (χ0n) is 10.5. The van der Waals surface area contributed by atoms with Gasteiger partial charge in [0.1, 0.15) is 0 Å². The van der Waals surface area contributed by atoms with Gasteiger partial charge < -0.3 is 9.64 Å². The number of rotatable bonds is 2. The largest absolute Gasteiger partial charge is 0.473 e. The summed E-state index contributed by atoms with van der Waals surface area (Å²) in [5, 5.41) is 0. The summed E-state index contributed by atoms with van der Waals surface area (Å²) < 4.78 is 6.68. The third-order valence-electron chi connectivity index (χ3n) is 3.60. The first-order chi connectivity index (χ1) is 9.27. The van der Waals surface area contributed by atoms with E-state index in [1.54, 1.807) is 0 Å². The molecule has 2 atom stereocenters. The van der Waals surface area contributed by atoms with Gasteiger partial charge in [0.2, 0.25) is 0 Å². The number of carbonyl (C=O) groups is 1. The minimum absolute atomic E-state index is 0.0934. The summed E-state index contributed by atoms with van der Waals surface area (Å²) in [5.41, 5.74) is 1.04. The molecule has 0 aromatic heterocycles. The molecule has 0 spiro atoms. The molecule has 19 heavy (non-hydrogen) atoms. The molecule has 2 aliphatic heterocycles. The van der Waals surface area contributed by atoms with Gasteiger partial charge in [0.15, 0.2) is 18.5 Å². The van der Waals surface area contributed by atoms with Gasteiger partial charge in [-0.2, -0.15) is 0 Å². The molecule has 4 nitrogen and oxygen atoms in total. The lowest BCUT2D eigenvalue weighted by Crippen LogP contribution is -2.38. The lowest BCUT2D eigenvalue weighted by atomic mass is 10.0. The summed E-state index contributed by atoms with van der Waals surface area (Å²) in [5.74, 6) is 0.0934. The number of likely N-dealkylation sites (tertiary alicyclic amines) is 1. The molecular weight excluding hydrogens is 355 g/mol. The number of benzene rings is 1. The fraction of sp³-hybridized carbons (Fsp3) is 0.429. The first kappa shape index (κ1) is 12.9. The summed E-state index contributed by atoms with van der Waals surface area (Å²) in [7, 11) is 0. The number of hydrogen-bond acceptors (Lipinski definition) is 3. The van der Waals surface area contributed by atoms with Crippen molar-refractivity contribution >= 4 is 34.9 Å². The summed E-state index contributed by atoms with van der Waals surface area (Å²) in [6, 6.07) is 7.56. The Morgan fingerprint density at radius 2 is 2.05 bits per heavy atom. The van der Waals surface area contributed by atoms with Gasteiger partial charge in [0.25, 0.3) is 5.91 Å². The van der Waals surface area contributed by atoms with Gasteiger partial charge in [-0.1, -0.05) is 18.2 Å². The summed E-state index contributed by atoms with van der Waals surface area (Å²) >= 11 is 2.27. The smallest absolute Gasteiger partial charge is 0.251 e.